The summed E-state index contributed by atoms with van der Waals surface area (Å²) in [5.41, 5.74) is 0. The van der Waals surface area contributed by atoms with E-state index in [1.54, 1.807) is 0 Å². The van der Waals surface area contributed by atoms with Gasteiger partial charge in [0.15, 0.2) is 0 Å². The van der Waals surface area contributed by atoms with Crippen LogP contribution in [0.2, 0.25) is 0 Å². The van der Waals surface area contributed by atoms with Crippen molar-refractivity contribution < 1.29 is 56.2 Å². The first-order chi connectivity index (χ1) is 8.45. The average Bonchev–Trinajstić information content (AvgIpc) is 2.35. The Morgan fingerprint density at radius 3 is 0.600 bits per heavy atom. The fourth-order valence-electron chi connectivity index (χ4n) is 0.385. The van der Waals surface area contributed by atoms with Crippen LogP contribution in [0.4, 0.5) is 25.2 Å². The van der Waals surface area contributed by atoms with E-state index >= 15 is 0 Å². The van der Waals surface area contributed by atoms with Gasteiger partial charge in [0, 0.05) is 17.1 Å². The van der Waals surface area contributed by atoms with Gasteiger partial charge in [0.2, 0.25) is 0 Å². The SMILES string of the molecule is F[P-](F)(F)(F)(F)F.[C-]#[O+].[C-]#[O+].[C-]#[O+].[Fe].c1ccccc1. The second-order valence-corrected chi connectivity index (χ2v) is 4.03. The Kier molecular flexibility index (Phi) is 20.4. The predicted molar refractivity (Wildman–Crippen MR) is 51.8 cm³/mol. The molecule has 20 heavy (non-hydrogen) atoms. The monoisotopic (exact) mass is 363 g/mol. The average molecular weight is 363 g/mol. The molecule has 1 aromatic carbocycles. The molecule has 11 heteroatoms. The summed E-state index contributed by atoms with van der Waals surface area (Å²) >= 11 is 0. The van der Waals surface area contributed by atoms with Crippen molar-refractivity contribution in [3.8, 4) is 0 Å². The Morgan fingerprint density at radius 2 is 0.550 bits per heavy atom. The van der Waals surface area contributed by atoms with Gasteiger partial charge in [-0.2, -0.15) is 0 Å². The van der Waals surface area contributed by atoms with Gasteiger partial charge in [-0.1, -0.05) is 36.4 Å². The first-order valence-electron chi connectivity index (χ1n) is 3.63. The molecule has 3 nitrogen and oxygen atoms in total. The van der Waals surface area contributed by atoms with Crippen LogP contribution in [0.5, 0.6) is 0 Å². The Hall–Kier alpha value is -1.03. The van der Waals surface area contributed by atoms with Crippen LogP contribution in [0.15, 0.2) is 36.4 Å². The molecular formula is C9H6F6FeO3P-. The molecule has 0 aliphatic rings. The van der Waals surface area contributed by atoms with Crippen LogP contribution >= 0.6 is 7.81 Å². The molecule has 0 N–H and O–H groups in total. The van der Waals surface area contributed by atoms with Crippen LogP contribution in [0.25, 0.3) is 0 Å². The fourth-order valence-corrected chi connectivity index (χ4v) is 0.385. The molecule has 0 saturated heterocycles. The summed E-state index contributed by atoms with van der Waals surface area (Å²) in [6.45, 7) is 13.5. The van der Waals surface area contributed by atoms with E-state index in [-0.39, 0.29) is 17.1 Å². The van der Waals surface area contributed by atoms with Gasteiger partial charge in [-0.15, -0.1) is 0 Å². The van der Waals surface area contributed by atoms with E-state index < -0.39 is 7.81 Å². The van der Waals surface area contributed by atoms with Crippen molar-refractivity contribution in [1.29, 1.82) is 0 Å². The molecule has 116 valence electrons. The molecule has 0 heterocycles. The smallest absolute Gasteiger partial charge is 0 e. The van der Waals surface area contributed by atoms with Crippen molar-refractivity contribution in [2.45, 2.75) is 0 Å². The molecule has 1 rings (SSSR count). The third-order valence-electron chi connectivity index (χ3n) is 0.667. The van der Waals surface area contributed by atoms with Crippen LogP contribution in [0, 0.1) is 20.0 Å². The zero-order valence-corrected chi connectivity index (χ0v) is 11.3. The Morgan fingerprint density at radius 1 is 0.500 bits per heavy atom. The molecule has 0 atom stereocenters. The molecule has 0 unspecified atom stereocenters. The van der Waals surface area contributed by atoms with Gasteiger partial charge in [0.25, 0.3) is 0 Å². The van der Waals surface area contributed by atoms with E-state index in [1.165, 1.54) is 0 Å². The topological polar surface area (TPSA) is 59.7 Å². The first kappa shape index (κ1) is 31.4. The summed E-state index contributed by atoms with van der Waals surface area (Å²) in [6, 6.07) is 12.0. The second kappa shape index (κ2) is 13.0. The van der Waals surface area contributed by atoms with E-state index in [0.29, 0.717) is 0 Å². The maximum absolute atomic E-state index is 10.7. The molecule has 0 aliphatic heterocycles. The molecule has 0 aliphatic carbocycles. The van der Waals surface area contributed by atoms with Gasteiger partial charge in [-0.25, -0.2) is 0 Å². The van der Waals surface area contributed by atoms with Crippen molar-refractivity contribution in [3.63, 3.8) is 0 Å². The molecule has 0 fully saturated rings. The first-order valence-corrected chi connectivity index (χ1v) is 5.65. The zero-order chi connectivity index (χ0) is 16.7. The largest absolute Gasteiger partial charge is 0.0623 e. The maximum atomic E-state index is 9.87. The third-order valence-corrected chi connectivity index (χ3v) is 0.667. The summed E-state index contributed by atoms with van der Waals surface area (Å²) in [7, 11) is -10.7. The maximum Gasteiger partial charge on any atom is 0 e. The quantitative estimate of drug-likeness (QED) is 0.206. The molecule has 0 aromatic heterocycles. The second-order valence-electron chi connectivity index (χ2n) is 2.11. The van der Waals surface area contributed by atoms with E-state index in [1.807, 2.05) is 36.4 Å². The normalized spacial score (nSPS) is 10.8. The van der Waals surface area contributed by atoms with Crippen molar-refractivity contribution in [1.82, 2.24) is 0 Å². The minimum Gasteiger partial charge on any atom is -0.0623 e. The molecule has 0 spiro atoms. The third kappa shape index (κ3) is 175. The van der Waals surface area contributed by atoms with Crippen LogP contribution in [0.3, 0.4) is 0 Å². The summed E-state index contributed by atoms with van der Waals surface area (Å²) in [5.74, 6) is 0. The van der Waals surface area contributed by atoms with Crippen LogP contribution in [0.1, 0.15) is 0 Å². The molecule has 0 amide bonds. The number of rotatable bonds is 0. The number of hydrogen-bond donors (Lipinski definition) is 0. The summed E-state index contributed by atoms with van der Waals surface area (Å²) < 4.78 is 81.7. The van der Waals surface area contributed by atoms with Gasteiger partial charge >= 0.3 is 66.9 Å². The van der Waals surface area contributed by atoms with Crippen molar-refractivity contribution in [2.75, 3.05) is 0 Å². The van der Waals surface area contributed by atoms with E-state index in [9.17, 15) is 25.2 Å². The number of halogens is 6. The number of hydrogen-bond acceptors (Lipinski definition) is 0. The van der Waals surface area contributed by atoms with Crippen molar-refractivity contribution in [3.05, 3.63) is 56.3 Å². The van der Waals surface area contributed by atoms with Crippen LogP contribution in [-0.2, 0) is 31.0 Å². The van der Waals surface area contributed by atoms with Gasteiger partial charge < -0.3 is 0 Å². The van der Waals surface area contributed by atoms with E-state index in [2.05, 4.69) is 20.0 Å². The van der Waals surface area contributed by atoms with Crippen LogP contribution in [-0.4, -0.2) is 0 Å². The Balaban J connectivity index is -0.0000000528. The molecular weight excluding hydrogens is 357 g/mol. The van der Waals surface area contributed by atoms with Crippen molar-refractivity contribution in [2.24, 2.45) is 0 Å². The van der Waals surface area contributed by atoms with Crippen molar-refractivity contribution >= 4 is 7.81 Å². The Bertz CT molecular complexity index is 320. The molecule has 1 aromatic rings. The molecule has 0 saturated carbocycles. The minimum atomic E-state index is -10.7. The predicted octanol–water partition coefficient (Wildman–Crippen LogP) is 4.95. The fraction of sp³-hybridized carbons (Fsp3) is 0. The summed E-state index contributed by atoms with van der Waals surface area (Å²) in [4.78, 5) is 0. The van der Waals surface area contributed by atoms with Gasteiger partial charge in [-0.05, 0) is 0 Å². The van der Waals surface area contributed by atoms with E-state index in [4.69, 9.17) is 14.0 Å². The van der Waals surface area contributed by atoms with E-state index in [0.717, 1.165) is 0 Å². The van der Waals surface area contributed by atoms with Gasteiger partial charge in [-0.3, -0.25) is 0 Å². The zero-order valence-electron chi connectivity index (χ0n) is 9.26. The van der Waals surface area contributed by atoms with Gasteiger partial charge in [0.1, 0.15) is 0 Å². The number of benzene rings is 1. The molecule has 0 radical (unpaired) electrons. The van der Waals surface area contributed by atoms with Crippen LogP contribution < -0.4 is 0 Å². The molecule has 0 bridgehead atoms. The standard InChI is InChI=1S/C6H6.3CO.F6P.Fe/c1-2-4-6-5-3-1;3*1-2;1-7(2,3,4,5)6;/h1-6H;;;;;/q;;;;-1;. The summed E-state index contributed by atoms with van der Waals surface area (Å²) in [6.07, 6.45) is 0. The Labute approximate surface area is 121 Å². The summed E-state index contributed by atoms with van der Waals surface area (Å²) in [5, 5.41) is 0. The minimum absolute atomic E-state index is 0. The van der Waals surface area contributed by atoms with Gasteiger partial charge in [0.05, 0.1) is 0 Å².